The van der Waals surface area contributed by atoms with E-state index in [4.69, 9.17) is 0 Å². The van der Waals surface area contributed by atoms with Crippen molar-refractivity contribution in [1.29, 1.82) is 0 Å². The fraction of sp³-hybridized carbons (Fsp3) is 0.444. The average molecular weight is 272 g/mol. The molecule has 0 aliphatic rings. The van der Waals surface area contributed by atoms with Gasteiger partial charge in [0.25, 0.3) is 0 Å². The van der Waals surface area contributed by atoms with E-state index in [1.54, 1.807) is 0 Å². The van der Waals surface area contributed by atoms with Crippen LogP contribution < -0.4 is 5.32 Å². The summed E-state index contributed by atoms with van der Waals surface area (Å²) < 4.78 is 0. The largest absolute Gasteiger partial charge is 0.312 e. The highest BCUT2D eigenvalue weighted by Gasteiger charge is 2.02. The molecule has 0 aliphatic carbocycles. The van der Waals surface area contributed by atoms with Gasteiger partial charge < -0.3 is 5.32 Å². The van der Waals surface area contributed by atoms with Crippen molar-refractivity contribution < 1.29 is 0 Å². The second kappa shape index (κ2) is 9.51. The van der Waals surface area contributed by atoms with Crippen molar-refractivity contribution in [1.82, 2.24) is 10.2 Å². The van der Waals surface area contributed by atoms with Gasteiger partial charge in [0.1, 0.15) is 0 Å². The molecule has 0 radical (unpaired) electrons. The van der Waals surface area contributed by atoms with Crippen molar-refractivity contribution in [3.05, 3.63) is 60.7 Å². The van der Waals surface area contributed by atoms with E-state index in [0.29, 0.717) is 5.92 Å². The summed E-state index contributed by atoms with van der Waals surface area (Å²) in [4.78, 5) is 2.31. The number of rotatable bonds is 10. The Balaban J connectivity index is 2.48. The van der Waals surface area contributed by atoms with Crippen LogP contribution >= 0.6 is 0 Å². The Labute approximate surface area is 124 Å². The Kier molecular flexibility index (Phi) is 7.93. The van der Waals surface area contributed by atoms with Crippen molar-refractivity contribution in [2.75, 3.05) is 19.6 Å². The summed E-state index contributed by atoms with van der Waals surface area (Å²) in [7, 11) is 0. The maximum absolute atomic E-state index is 3.80. The lowest BCUT2D eigenvalue weighted by Gasteiger charge is -2.18. The number of nitrogens with one attached hydrogen (secondary N) is 1. The topological polar surface area (TPSA) is 15.3 Å². The number of hydrogen-bond acceptors (Lipinski definition) is 2. The highest BCUT2D eigenvalue weighted by Crippen LogP contribution is 2.08. The van der Waals surface area contributed by atoms with Crippen molar-refractivity contribution in [3.63, 3.8) is 0 Å². The smallest absolute Gasteiger partial charge is 0.0240 e. The molecule has 0 bridgehead atoms. The molecule has 0 spiro atoms. The lowest BCUT2D eigenvalue weighted by atomic mass is 10.1. The Morgan fingerprint density at radius 3 is 2.10 bits per heavy atom. The maximum Gasteiger partial charge on any atom is 0.0240 e. The lowest BCUT2D eigenvalue weighted by Crippen LogP contribution is -2.23. The highest BCUT2D eigenvalue weighted by atomic mass is 15.1. The number of nitrogens with zero attached hydrogens (tertiary/aromatic N) is 1. The second-order valence-corrected chi connectivity index (χ2v) is 5.61. The summed E-state index contributed by atoms with van der Waals surface area (Å²) in [5.74, 6) is 0.695. The van der Waals surface area contributed by atoms with E-state index in [9.17, 15) is 0 Å². The van der Waals surface area contributed by atoms with Crippen molar-refractivity contribution in [3.8, 4) is 0 Å². The normalized spacial score (nSPS) is 11.0. The van der Waals surface area contributed by atoms with Gasteiger partial charge in [-0.3, -0.25) is 4.90 Å². The summed E-state index contributed by atoms with van der Waals surface area (Å²) in [6.07, 6.45) is 3.88. The minimum absolute atomic E-state index is 0.695. The van der Waals surface area contributed by atoms with E-state index < -0.39 is 0 Å². The fourth-order valence-corrected chi connectivity index (χ4v) is 2.09. The Morgan fingerprint density at radius 2 is 1.60 bits per heavy atom. The molecular weight excluding hydrogens is 244 g/mol. The summed E-state index contributed by atoms with van der Waals surface area (Å²) >= 11 is 0. The van der Waals surface area contributed by atoms with Crippen LogP contribution in [0.15, 0.2) is 49.6 Å². The van der Waals surface area contributed by atoms with Gasteiger partial charge in [-0.15, -0.1) is 13.2 Å². The van der Waals surface area contributed by atoms with Gasteiger partial charge in [-0.25, -0.2) is 0 Å². The molecule has 110 valence electrons. The quantitative estimate of drug-likeness (QED) is 0.655. The van der Waals surface area contributed by atoms with Gasteiger partial charge in [-0.05, 0) is 23.6 Å². The minimum atomic E-state index is 0.695. The molecule has 0 atom stereocenters. The van der Waals surface area contributed by atoms with E-state index in [0.717, 1.165) is 32.7 Å². The molecule has 0 fully saturated rings. The molecule has 1 aromatic carbocycles. The molecule has 0 amide bonds. The molecule has 2 heteroatoms. The molecule has 0 saturated heterocycles. The van der Waals surface area contributed by atoms with E-state index in [1.807, 2.05) is 12.2 Å². The van der Waals surface area contributed by atoms with Crippen LogP contribution in [-0.4, -0.2) is 24.5 Å². The van der Waals surface area contributed by atoms with Crippen LogP contribution in [0.4, 0.5) is 0 Å². The molecule has 1 N–H and O–H groups in total. The first-order valence-corrected chi connectivity index (χ1v) is 7.38. The minimum Gasteiger partial charge on any atom is -0.312 e. The van der Waals surface area contributed by atoms with Crippen LogP contribution in [0, 0.1) is 5.92 Å². The van der Waals surface area contributed by atoms with Crippen LogP contribution in [0.1, 0.15) is 25.0 Å². The monoisotopic (exact) mass is 272 g/mol. The predicted molar refractivity (Wildman–Crippen MR) is 88.7 cm³/mol. The summed E-state index contributed by atoms with van der Waals surface area (Å²) in [5.41, 5.74) is 2.68. The zero-order valence-electron chi connectivity index (χ0n) is 12.9. The van der Waals surface area contributed by atoms with Gasteiger partial charge in [0, 0.05) is 26.2 Å². The molecule has 0 heterocycles. The Morgan fingerprint density at radius 1 is 1.05 bits per heavy atom. The molecule has 0 aliphatic heterocycles. The van der Waals surface area contributed by atoms with Crippen molar-refractivity contribution in [2.24, 2.45) is 5.92 Å². The van der Waals surface area contributed by atoms with Crippen LogP contribution in [0.2, 0.25) is 0 Å². The van der Waals surface area contributed by atoms with E-state index >= 15 is 0 Å². The molecule has 2 nitrogen and oxygen atoms in total. The molecule has 20 heavy (non-hydrogen) atoms. The van der Waals surface area contributed by atoms with Gasteiger partial charge in [-0.1, -0.05) is 50.3 Å². The van der Waals surface area contributed by atoms with Crippen molar-refractivity contribution >= 4 is 0 Å². The Hall–Kier alpha value is -1.38. The third-order valence-electron chi connectivity index (χ3n) is 3.09. The van der Waals surface area contributed by atoms with Gasteiger partial charge in [0.15, 0.2) is 0 Å². The highest BCUT2D eigenvalue weighted by molar-refractivity contribution is 5.22. The summed E-state index contributed by atoms with van der Waals surface area (Å²) in [5, 5.41) is 3.47. The zero-order chi connectivity index (χ0) is 14.8. The van der Waals surface area contributed by atoms with Crippen LogP contribution in [0.25, 0.3) is 0 Å². The number of benzene rings is 1. The average Bonchev–Trinajstić information content (AvgIpc) is 2.41. The van der Waals surface area contributed by atoms with Gasteiger partial charge in [0.2, 0.25) is 0 Å². The first-order chi connectivity index (χ1) is 9.65. The molecular formula is C18H28N2. The predicted octanol–water partition coefficient (Wildman–Crippen LogP) is 3.61. The zero-order valence-corrected chi connectivity index (χ0v) is 12.9. The first-order valence-electron chi connectivity index (χ1n) is 7.38. The Bertz CT molecular complexity index is 382. The standard InChI is InChI=1S/C18H28N2/c1-5-11-20(12-6-2)15-18-9-7-17(8-10-18)14-19-13-16(3)4/h5-10,16,19H,1-2,11-15H2,3-4H3. The molecule has 0 saturated carbocycles. The van der Waals surface area contributed by atoms with Crippen LogP contribution in [0.3, 0.4) is 0 Å². The van der Waals surface area contributed by atoms with Gasteiger partial charge in [0.05, 0.1) is 0 Å². The second-order valence-electron chi connectivity index (χ2n) is 5.61. The fourth-order valence-electron chi connectivity index (χ4n) is 2.09. The molecule has 1 aromatic rings. The van der Waals surface area contributed by atoms with E-state index in [-0.39, 0.29) is 0 Å². The van der Waals surface area contributed by atoms with E-state index in [2.05, 4.69) is 61.5 Å². The first kappa shape index (κ1) is 16.7. The van der Waals surface area contributed by atoms with Gasteiger partial charge in [-0.2, -0.15) is 0 Å². The third-order valence-corrected chi connectivity index (χ3v) is 3.09. The summed E-state index contributed by atoms with van der Waals surface area (Å²) in [6.45, 7) is 16.8. The van der Waals surface area contributed by atoms with Crippen LogP contribution in [0.5, 0.6) is 0 Å². The SMILES string of the molecule is C=CCN(CC=C)Cc1ccc(CNCC(C)C)cc1. The number of hydrogen-bond donors (Lipinski definition) is 1. The molecule has 1 rings (SSSR count). The third kappa shape index (κ3) is 6.69. The van der Waals surface area contributed by atoms with E-state index in [1.165, 1.54) is 11.1 Å². The van der Waals surface area contributed by atoms with Crippen LogP contribution in [-0.2, 0) is 13.1 Å². The molecule has 0 unspecified atom stereocenters. The maximum atomic E-state index is 3.80. The molecule has 0 aromatic heterocycles. The summed E-state index contributed by atoms with van der Waals surface area (Å²) in [6, 6.07) is 8.85. The van der Waals surface area contributed by atoms with Gasteiger partial charge >= 0.3 is 0 Å². The lowest BCUT2D eigenvalue weighted by molar-refractivity contribution is 0.328. The van der Waals surface area contributed by atoms with Crippen molar-refractivity contribution in [2.45, 2.75) is 26.9 Å².